The monoisotopic (exact) mass is 1210 g/mol. The normalized spacial score (nSPS) is 9.48. The summed E-state index contributed by atoms with van der Waals surface area (Å²) in [5.41, 5.74) is 22.9. The van der Waals surface area contributed by atoms with E-state index in [0.29, 0.717) is 0 Å². The van der Waals surface area contributed by atoms with Crippen molar-refractivity contribution >= 4 is 0 Å². The molecule has 0 atom stereocenters. The van der Waals surface area contributed by atoms with E-state index in [9.17, 15) is 0 Å². The van der Waals surface area contributed by atoms with Crippen LogP contribution in [0, 0.1) is 144 Å². The third-order valence-electron chi connectivity index (χ3n) is 14.8. The predicted octanol–water partition coefficient (Wildman–Crippen LogP) is 17.7. The molecule has 0 N–H and O–H groups in total. The summed E-state index contributed by atoms with van der Waals surface area (Å²) < 4.78 is 0. The molecule has 0 heterocycles. The molecule has 0 aliphatic rings. The van der Waals surface area contributed by atoms with Gasteiger partial charge in [0.2, 0.25) is 0 Å². The van der Waals surface area contributed by atoms with Gasteiger partial charge in [0, 0.05) is 122 Å². The molecular formula is C96H54. The van der Waals surface area contributed by atoms with Crippen molar-refractivity contribution in [3.8, 4) is 130 Å². The molecule has 0 aliphatic heterocycles. The van der Waals surface area contributed by atoms with Gasteiger partial charge in [-0.2, -0.15) is 0 Å². The minimum absolute atomic E-state index is 0.910. The second-order valence-electron chi connectivity index (χ2n) is 22.3. The number of aryl methyl sites for hydroxylation is 2. The summed E-state index contributed by atoms with van der Waals surface area (Å²) in [4.78, 5) is 0. The van der Waals surface area contributed by atoms with Gasteiger partial charge in [0.1, 0.15) is 0 Å². The zero-order valence-electron chi connectivity index (χ0n) is 52.7. The SMILES string of the molecule is Cc1ccc(C#Cc2ccc(C#Cc3ccc(C#Cc4ccc(C#Cc5ccc(C#Cc6ccc(C#Cc7ccc(C#Cc8ccc(C#Cc9ccc(C#Cc%10ccc(C#Cc%11ccc(C#Cc%12ccc(C)cc%12)cc%11)cc%10)cc9)cc8)cc7)cc6)cc5)cc4)cc3)cc2)cc1. The summed E-state index contributed by atoms with van der Waals surface area (Å²) in [6.45, 7) is 4.15. The van der Waals surface area contributed by atoms with Crippen LogP contribution in [0.2, 0.25) is 0 Å². The first kappa shape index (κ1) is 62.0. The summed E-state index contributed by atoms with van der Waals surface area (Å²) in [5.74, 6) is 71.6. The molecule has 0 spiro atoms. The lowest BCUT2D eigenvalue weighted by molar-refractivity contribution is 1.46. The molecule has 12 aromatic rings. The maximum Gasteiger partial charge on any atom is 0.0249 e. The largest absolute Gasteiger partial charge is 0.0617 e. The van der Waals surface area contributed by atoms with Gasteiger partial charge in [-0.25, -0.2) is 0 Å². The van der Waals surface area contributed by atoms with E-state index in [1.807, 2.05) is 267 Å². The molecular weight excluding hydrogens is 1150 g/mol. The Morgan fingerprint density at radius 1 is 0.0938 bits per heavy atom. The highest BCUT2D eigenvalue weighted by molar-refractivity contribution is 5.57. The van der Waals surface area contributed by atoms with E-state index in [1.54, 1.807) is 0 Å². The quantitative estimate of drug-likeness (QED) is 0.133. The topological polar surface area (TPSA) is 0 Å². The van der Waals surface area contributed by atoms with Crippen LogP contribution in [0.5, 0.6) is 0 Å². The number of benzene rings is 12. The Hall–Kier alpha value is -14.2. The first-order valence-corrected chi connectivity index (χ1v) is 31.1. The van der Waals surface area contributed by atoms with Gasteiger partial charge in [0.05, 0.1) is 0 Å². The van der Waals surface area contributed by atoms with Crippen molar-refractivity contribution in [2.24, 2.45) is 0 Å². The Balaban J connectivity index is 0.556. The van der Waals surface area contributed by atoms with E-state index >= 15 is 0 Å². The van der Waals surface area contributed by atoms with Crippen LogP contribution in [0.15, 0.2) is 291 Å². The fraction of sp³-hybridized carbons (Fsp3) is 0.0208. The van der Waals surface area contributed by atoms with E-state index in [2.05, 4.69) is 168 Å². The molecule has 12 aromatic carbocycles. The maximum atomic E-state index is 3.27. The summed E-state index contributed by atoms with van der Waals surface area (Å²) in [5, 5.41) is 0. The summed E-state index contributed by atoms with van der Waals surface area (Å²) >= 11 is 0. The Labute approximate surface area is 565 Å². The molecule has 0 aliphatic carbocycles. The van der Waals surface area contributed by atoms with Gasteiger partial charge < -0.3 is 0 Å². The number of hydrogen-bond acceptors (Lipinski definition) is 0. The molecule has 0 bridgehead atoms. The van der Waals surface area contributed by atoms with E-state index in [0.717, 1.165) is 122 Å². The smallest absolute Gasteiger partial charge is 0.0249 e. The van der Waals surface area contributed by atoms with Crippen molar-refractivity contribution in [2.45, 2.75) is 13.8 Å². The molecule has 0 aromatic heterocycles. The van der Waals surface area contributed by atoms with Gasteiger partial charge in [0.25, 0.3) is 0 Å². The fourth-order valence-electron chi connectivity index (χ4n) is 9.23. The second-order valence-corrected chi connectivity index (χ2v) is 22.3. The van der Waals surface area contributed by atoms with Gasteiger partial charge in [-0.3, -0.25) is 0 Å². The van der Waals surface area contributed by atoms with Crippen molar-refractivity contribution in [3.63, 3.8) is 0 Å². The number of rotatable bonds is 0. The zero-order chi connectivity index (χ0) is 65.4. The van der Waals surface area contributed by atoms with Crippen LogP contribution in [0.4, 0.5) is 0 Å². The van der Waals surface area contributed by atoms with Crippen molar-refractivity contribution in [1.82, 2.24) is 0 Å². The van der Waals surface area contributed by atoms with Crippen LogP contribution in [0.3, 0.4) is 0 Å². The van der Waals surface area contributed by atoms with Gasteiger partial charge >= 0.3 is 0 Å². The minimum Gasteiger partial charge on any atom is -0.0617 e. The van der Waals surface area contributed by atoms with Crippen LogP contribution in [0.1, 0.15) is 134 Å². The van der Waals surface area contributed by atoms with Crippen LogP contribution >= 0.6 is 0 Å². The standard InChI is InChI=1S/C96H54/c1-73-3-7-75(8-4-73)11-13-77-15-19-79(20-16-77)23-25-81-27-31-83(32-28-81)35-37-85-39-43-87(44-40-85)47-49-89-51-55-91(56-52-89)59-61-93-63-67-95(68-64-93)71-72-96-69-65-94(66-70-96)62-60-92-57-53-90(54-58-92)50-48-88-45-41-86(42-46-88)38-36-84-33-29-82(30-34-84)26-24-80-21-17-78(18-22-80)14-12-76-9-5-74(2)6-10-76/h3-10,15-22,27-34,39-46,51-58,63-70H,1-2H3. The third kappa shape index (κ3) is 19.2. The first-order valence-electron chi connectivity index (χ1n) is 31.1. The maximum absolute atomic E-state index is 3.27. The molecule has 12 rings (SSSR count). The lowest BCUT2D eigenvalue weighted by Crippen LogP contribution is -1.82. The molecule has 0 heteroatoms. The molecule has 0 saturated carbocycles. The molecule has 0 saturated heterocycles. The second kappa shape index (κ2) is 31.5. The molecule has 0 amide bonds. The molecule has 96 heavy (non-hydrogen) atoms. The highest BCUT2D eigenvalue weighted by atomic mass is 14.0. The number of hydrogen-bond donors (Lipinski definition) is 0. The van der Waals surface area contributed by atoms with Gasteiger partial charge in [-0.1, -0.05) is 166 Å². The fourth-order valence-corrected chi connectivity index (χ4v) is 9.23. The van der Waals surface area contributed by atoms with Gasteiger partial charge in [0.15, 0.2) is 0 Å². The average Bonchev–Trinajstić information content (AvgIpc) is 2.23. The van der Waals surface area contributed by atoms with Crippen molar-refractivity contribution in [3.05, 3.63) is 425 Å². The Morgan fingerprint density at radius 2 is 0.146 bits per heavy atom. The van der Waals surface area contributed by atoms with Crippen molar-refractivity contribution in [2.75, 3.05) is 0 Å². The zero-order valence-corrected chi connectivity index (χ0v) is 52.7. The van der Waals surface area contributed by atoms with Crippen LogP contribution in [0.25, 0.3) is 0 Å². The van der Waals surface area contributed by atoms with Crippen LogP contribution in [-0.4, -0.2) is 0 Å². The molecule has 0 radical (unpaired) electrons. The predicted molar refractivity (Wildman–Crippen MR) is 393 cm³/mol. The third-order valence-corrected chi connectivity index (χ3v) is 14.8. The molecule has 438 valence electrons. The summed E-state index contributed by atoms with van der Waals surface area (Å²) in [6.07, 6.45) is 0. The van der Waals surface area contributed by atoms with Crippen molar-refractivity contribution < 1.29 is 0 Å². The van der Waals surface area contributed by atoms with E-state index < -0.39 is 0 Å². The lowest BCUT2D eigenvalue weighted by Gasteiger charge is -1.95. The van der Waals surface area contributed by atoms with E-state index in [1.165, 1.54) is 11.1 Å². The first-order chi connectivity index (χ1) is 47.2. The Bertz CT molecular complexity index is 5200. The van der Waals surface area contributed by atoms with Crippen LogP contribution < -0.4 is 0 Å². The Morgan fingerprint density at radius 3 is 0.208 bits per heavy atom. The lowest BCUT2D eigenvalue weighted by atomic mass is 10.1. The molecule has 0 nitrogen and oxygen atoms in total. The highest BCUT2D eigenvalue weighted by Gasteiger charge is 2.00. The van der Waals surface area contributed by atoms with E-state index in [4.69, 9.17) is 0 Å². The molecule has 0 unspecified atom stereocenters. The highest BCUT2D eigenvalue weighted by Crippen LogP contribution is 2.14. The summed E-state index contributed by atoms with van der Waals surface area (Å²) in [7, 11) is 0. The van der Waals surface area contributed by atoms with Gasteiger partial charge in [-0.05, 0) is 281 Å². The average molecular weight is 1210 g/mol. The minimum atomic E-state index is 0.910. The van der Waals surface area contributed by atoms with E-state index in [-0.39, 0.29) is 0 Å². The summed E-state index contributed by atoms with van der Waals surface area (Å²) in [6, 6.07) is 96.3. The molecule has 0 fully saturated rings. The van der Waals surface area contributed by atoms with Crippen LogP contribution in [-0.2, 0) is 0 Å². The Kier molecular flexibility index (Phi) is 20.3. The van der Waals surface area contributed by atoms with Gasteiger partial charge in [-0.15, -0.1) is 0 Å². The van der Waals surface area contributed by atoms with Crippen molar-refractivity contribution in [1.29, 1.82) is 0 Å².